The van der Waals surface area contributed by atoms with Gasteiger partial charge in [-0.3, -0.25) is 4.79 Å². The van der Waals surface area contributed by atoms with Crippen LogP contribution in [0.3, 0.4) is 0 Å². The standard InChI is InChI=1S/C14H22O3/c1-11(15)17-12-2-4-13(5-3-12)6-8-14(9-7-13)10-16-14/h12H,2-10H2,1H3. The largest absolute Gasteiger partial charge is 0.463 e. The molecule has 17 heavy (non-hydrogen) atoms. The Labute approximate surface area is 103 Å². The van der Waals surface area contributed by atoms with Gasteiger partial charge in [0.25, 0.3) is 0 Å². The summed E-state index contributed by atoms with van der Waals surface area (Å²) in [5.41, 5.74) is 0.853. The molecule has 3 aliphatic rings. The van der Waals surface area contributed by atoms with Crippen LogP contribution in [0, 0.1) is 5.41 Å². The Balaban J connectivity index is 1.52. The van der Waals surface area contributed by atoms with E-state index in [-0.39, 0.29) is 12.1 Å². The van der Waals surface area contributed by atoms with Crippen molar-refractivity contribution >= 4 is 5.97 Å². The molecule has 3 fully saturated rings. The summed E-state index contributed by atoms with van der Waals surface area (Å²) in [6.45, 7) is 2.51. The van der Waals surface area contributed by atoms with Crippen LogP contribution in [-0.2, 0) is 14.3 Å². The molecule has 96 valence electrons. The number of carbonyl (C=O) groups is 1. The lowest BCUT2D eigenvalue weighted by Crippen LogP contribution is -2.37. The molecular formula is C14H22O3. The van der Waals surface area contributed by atoms with Crippen molar-refractivity contribution in [3.8, 4) is 0 Å². The molecule has 3 rings (SSSR count). The van der Waals surface area contributed by atoms with Crippen LogP contribution in [0.4, 0.5) is 0 Å². The smallest absolute Gasteiger partial charge is 0.302 e. The first kappa shape index (κ1) is 11.5. The second kappa shape index (κ2) is 3.98. The number of esters is 1. The Hall–Kier alpha value is -0.570. The minimum Gasteiger partial charge on any atom is -0.463 e. The fraction of sp³-hybridized carbons (Fsp3) is 0.929. The maximum Gasteiger partial charge on any atom is 0.302 e. The summed E-state index contributed by atoms with van der Waals surface area (Å²) in [6.07, 6.45) is 9.94. The highest BCUT2D eigenvalue weighted by atomic mass is 16.6. The van der Waals surface area contributed by atoms with Gasteiger partial charge in [0.2, 0.25) is 0 Å². The second-order valence-electron chi connectivity index (χ2n) is 6.28. The van der Waals surface area contributed by atoms with Gasteiger partial charge >= 0.3 is 5.97 Å². The van der Waals surface area contributed by atoms with E-state index >= 15 is 0 Å². The van der Waals surface area contributed by atoms with Crippen LogP contribution in [-0.4, -0.2) is 24.3 Å². The fourth-order valence-electron chi connectivity index (χ4n) is 3.68. The van der Waals surface area contributed by atoms with Gasteiger partial charge in [0.1, 0.15) is 6.10 Å². The third-order valence-corrected chi connectivity index (χ3v) is 5.10. The molecule has 0 bridgehead atoms. The minimum absolute atomic E-state index is 0.125. The molecule has 2 spiro atoms. The van der Waals surface area contributed by atoms with Crippen molar-refractivity contribution in [2.24, 2.45) is 5.41 Å². The van der Waals surface area contributed by atoms with E-state index in [1.807, 2.05) is 0 Å². The van der Waals surface area contributed by atoms with E-state index in [0.717, 1.165) is 19.4 Å². The summed E-state index contributed by atoms with van der Waals surface area (Å²) in [5.74, 6) is -0.125. The second-order valence-corrected chi connectivity index (χ2v) is 6.28. The Morgan fingerprint density at radius 1 is 1.12 bits per heavy atom. The number of carbonyl (C=O) groups excluding carboxylic acids is 1. The Morgan fingerprint density at radius 3 is 2.18 bits per heavy atom. The van der Waals surface area contributed by atoms with Gasteiger partial charge in [-0.15, -0.1) is 0 Å². The summed E-state index contributed by atoms with van der Waals surface area (Å²) in [4.78, 5) is 10.9. The maximum atomic E-state index is 10.9. The zero-order chi connectivity index (χ0) is 11.9. The first-order valence-corrected chi connectivity index (χ1v) is 6.93. The zero-order valence-electron chi connectivity index (χ0n) is 10.7. The lowest BCUT2D eigenvalue weighted by molar-refractivity contribution is -0.149. The summed E-state index contributed by atoms with van der Waals surface area (Å²) in [7, 11) is 0. The van der Waals surface area contributed by atoms with Crippen LogP contribution in [0.1, 0.15) is 58.3 Å². The van der Waals surface area contributed by atoms with E-state index in [1.54, 1.807) is 0 Å². The molecule has 0 amide bonds. The normalized spacial score (nSPS) is 44.9. The summed E-state index contributed by atoms with van der Waals surface area (Å²) in [5, 5.41) is 0. The summed E-state index contributed by atoms with van der Waals surface area (Å²) in [6, 6.07) is 0. The van der Waals surface area contributed by atoms with Crippen molar-refractivity contribution in [1.82, 2.24) is 0 Å². The lowest BCUT2D eigenvalue weighted by atomic mass is 9.63. The van der Waals surface area contributed by atoms with E-state index in [9.17, 15) is 4.79 Å². The first-order chi connectivity index (χ1) is 8.12. The summed E-state index contributed by atoms with van der Waals surface area (Å²) >= 11 is 0. The van der Waals surface area contributed by atoms with Crippen molar-refractivity contribution < 1.29 is 14.3 Å². The Morgan fingerprint density at radius 2 is 1.71 bits per heavy atom. The Kier molecular flexibility index (Phi) is 2.69. The van der Waals surface area contributed by atoms with E-state index in [4.69, 9.17) is 9.47 Å². The highest BCUT2D eigenvalue weighted by Crippen LogP contribution is 2.54. The molecule has 0 aromatic heterocycles. The van der Waals surface area contributed by atoms with Crippen LogP contribution in [0.2, 0.25) is 0 Å². The van der Waals surface area contributed by atoms with Crippen molar-refractivity contribution in [3.63, 3.8) is 0 Å². The predicted octanol–water partition coefficient (Wildman–Crippen LogP) is 2.82. The van der Waals surface area contributed by atoms with Crippen LogP contribution in [0.25, 0.3) is 0 Å². The molecule has 2 saturated carbocycles. The van der Waals surface area contributed by atoms with Crippen molar-refractivity contribution in [2.75, 3.05) is 6.61 Å². The SMILES string of the molecule is CC(=O)OC1CCC2(CC1)CCC1(CC2)CO1. The topological polar surface area (TPSA) is 38.8 Å². The molecule has 2 aliphatic carbocycles. The molecular weight excluding hydrogens is 216 g/mol. The van der Waals surface area contributed by atoms with Gasteiger partial charge < -0.3 is 9.47 Å². The third-order valence-electron chi connectivity index (χ3n) is 5.10. The average molecular weight is 238 g/mol. The molecule has 0 atom stereocenters. The van der Waals surface area contributed by atoms with Gasteiger partial charge in [-0.25, -0.2) is 0 Å². The monoisotopic (exact) mass is 238 g/mol. The summed E-state index contributed by atoms with van der Waals surface area (Å²) < 4.78 is 10.9. The van der Waals surface area contributed by atoms with E-state index < -0.39 is 0 Å². The van der Waals surface area contributed by atoms with Gasteiger partial charge in [0, 0.05) is 6.92 Å². The maximum absolute atomic E-state index is 10.9. The molecule has 0 unspecified atom stereocenters. The molecule has 3 heteroatoms. The molecule has 1 saturated heterocycles. The quantitative estimate of drug-likeness (QED) is 0.521. The van der Waals surface area contributed by atoms with Crippen LogP contribution in [0.5, 0.6) is 0 Å². The van der Waals surface area contributed by atoms with Crippen molar-refractivity contribution in [2.45, 2.75) is 70.0 Å². The number of rotatable bonds is 1. The van der Waals surface area contributed by atoms with Gasteiger partial charge in [-0.2, -0.15) is 0 Å². The molecule has 0 radical (unpaired) electrons. The van der Waals surface area contributed by atoms with E-state index in [2.05, 4.69) is 0 Å². The molecule has 1 heterocycles. The highest BCUT2D eigenvalue weighted by molar-refractivity contribution is 5.66. The van der Waals surface area contributed by atoms with Gasteiger partial charge in [0.15, 0.2) is 0 Å². The third kappa shape index (κ3) is 2.35. The molecule has 3 nitrogen and oxygen atoms in total. The zero-order valence-corrected chi connectivity index (χ0v) is 10.7. The first-order valence-electron chi connectivity index (χ1n) is 6.93. The van der Waals surface area contributed by atoms with E-state index in [0.29, 0.717) is 11.0 Å². The fourth-order valence-corrected chi connectivity index (χ4v) is 3.68. The van der Waals surface area contributed by atoms with Gasteiger partial charge in [0.05, 0.1) is 12.2 Å². The lowest BCUT2D eigenvalue weighted by Gasteiger charge is -2.44. The van der Waals surface area contributed by atoms with Gasteiger partial charge in [-0.1, -0.05) is 0 Å². The van der Waals surface area contributed by atoms with Crippen LogP contribution in [0.15, 0.2) is 0 Å². The average Bonchev–Trinajstić information content (AvgIpc) is 3.06. The highest BCUT2D eigenvalue weighted by Gasteiger charge is 2.51. The molecule has 0 aromatic rings. The Bertz CT molecular complexity index is 299. The number of hydrogen-bond acceptors (Lipinski definition) is 3. The van der Waals surface area contributed by atoms with E-state index in [1.165, 1.54) is 45.4 Å². The number of epoxide rings is 1. The van der Waals surface area contributed by atoms with Crippen molar-refractivity contribution in [1.29, 1.82) is 0 Å². The van der Waals surface area contributed by atoms with Crippen molar-refractivity contribution in [3.05, 3.63) is 0 Å². The number of ether oxygens (including phenoxy) is 2. The van der Waals surface area contributed by atoms with Gasteiger partial charge in [-0.05, 0) is 56.8 Å². The minimum atomic E-state index is -0.125. The number of hydrogen-bond donors (Lipinski definition) is 0. The van der Waals surface area contributed by atoms with Crippen LogP contribution >= 0.6 is 0 Å². The van der Waals surface area contributed by atoms with Crippen LogP contribution < -0.4 is 0 Å². The predicted molar refractivity (Wildman–Crippen MR) is 63.6 cm³/mol. The molecule has 1 aliphatic heterocycles. The molecule has 0 aromatic carbocycles. The molecule has 0 N–H and O–H groups in total.